The van der Waals surface area contributed by atoms with Gasteiger partial charge in [-0.05, 0) is 54.3 Å². The fourth-order valence-corrected chi connectivity index (χ4v) is 4.05. The Labute approximate surface area is 182 Å². The Morgan fingerprint density at radius 2 is 2.03 bits per heavy atom. The number of nitrogens with one attached hydrogen (secondary N) is 1. The van der Waals surface area contributed by atoms with E-state index in [1.807, 2.05) is 11.5 Å². The number of fused-ring (bicyclic) bond motifs is 2. The molecule has 0 saturated heterocycles. The van der Waals surface area contributed by atoms with Crippen molar-refractivity contribution in [1.29, 1.82) is 0 Å². The number of carbonyl (C=O) groups is 2. The largest absolute Gasteiger partial charge is 0.482 e. The van der Waals surface area contributed by atoms with E-state index in [9.17, 15) is 9.59 Å². The van der Waals surface area contributed by atoms with Crippen molar-refractivity contribution in [1.82, 2.24) is 4.57 Å². The SMILES string of the molecule is C=CCn1c(C(=O)Nc2ccc3c(c2)N(C)C(=O)CO3)c(C)c2cc(C(C)C)ccc21. The summed E-state index contributed by atoms with van der Waals surface area (Å²) in [7, 11) is 1.70. The molecule has 0 atom stereocenters. The van der Waals surface area contributed by atoms with Crippen LogP contribution in [0, 0.1) is 6.92 Å². The summed E-state index contributed by atoms with van der Waals surface area (Å²) < 4.78 is 7.47. The van der Waals surface area contributed by atoms with Crippen LogP contribution in [-0.2, 0) is 11.3 Å². The van der Waals surface area contributed by atoms with Gasteiger partial charge in [-0.25, -0.2) is 0 Å². The van der Waals surface area contributed by atoms with Crippen molar-refractivity contribution in [2.45, 2.75) is 33.2 Å². The number of anilines is 2. The number of nitrogens with zero attached hydrogens (tertiary/aromatic N) is 2. The quantitative estimate of drug-likeness (QED) is 0.603. The molecule has 0 spiro atoms. The summed E-state index contributed by atoms with van der Waals surface area (Å²) in [6, 6.07) is 11.7. The number of likely N-dealkylation sites (N-methyl/N-ethyl adjacent to an activating group) is 1. The minimum absolute atomic E-state index is 0.0222. The number of benzene rings is 2. The molecule has 0 bridgehead atoms. The van der Waals surface area contributed by atoms with E-state index in [1.54, 1.807) is 36.2 Å². The molecule has 2 aromatic carbocycles. The summed E-state index contributed by atoms with van der Waals surface area (Å²) in [5, 5.41) is 4.07. The molecule has 0 radical (unpaired) electrons. The zero-order valence-electron chi connectivity index (χ0n) is 18.4. The molecule has 1 N–H and O–H groups in total. The molecule has 160 valence electrons. The van der Waals surface area contributed by atoms with E-state index in [0.717, 1.165) is 16.5 Å². The van der Waals surface area contributed by atoms with Crippen LogP contribution in [0.5, 0.6) is 5.75 Å². The average molecular weight is 418 g/mol. The van der Waals surface area contributed by atoms with E-state index < -0.39 is 0 Å². The minimum atomic E-state index is -0.202. The highest BCUT2D eigenvalue weighted by Gasteiger charge is 2.24. The number of allylic oxidation sites excluding steroid dienone is 1. The monoisotopic (exact) mass is 417 g/mol. The summed E-state index contributed by atoms with van der Waals surface area (Å²) in [5.74, 6) is 0.700. The molecule has 0 aliphatic carbocycles. The zero-order valence-corrected chi connectivity index (χ0v) is 18.4. The van der Waals surface area contributed by atoms with Gasteiger partial charge in [-0.15, -0.1) is 6.58 Å². The maximum absolute atomic E-state index is 13.4. The number of hydrogen-bond acceptors (Lipinski definition) is 3. The molecule has 0 fully saturated rings. The number of amides is 2. The van der Waals surface area contributed by atoms with Crippen LogP contribution in [0.25, 0.3) is 10.9 Å². The molecule has 0 saturated carbocycles. The van der Waals surface area contributed by atoms with Gasteiger partial charge in [0, 0.05) is 30.2 Å². The van der Waals surface area contributed by atoms with Gasteiger partial charge in [0.05, 0.1) is 5.69 Å². The van der Waals surface area contributed by atoms with Crippen molar-refractivity contribution in [3.05, 3.63) is 65.9 Å². The van der Waals surface area contributed by atoms with E-state index in [4.69, 9.17) is 4.74 Å². The first-order chi connectivity index (χ1) is 14.8. The van der Waals surface area contributed by atoms with Crippen LogP contribution < -0.4 is 15.0 Å². The maximum Gasteiger partial charge on any atom is 0.272 e. The van der Waals surface area contributed by atoms with Gasteiger partial charge < -0.3 is 19.5 Å². The predicted molar refractivity (Wildman–Crippen MR) is 124 cm³/mol. The Kier molecular flexibility index (Phi) is 5.31. The van der Waals surface area contributed by atoms with Crippen LogP contribution in [0.1, 0.15) is 41.4 Å². The lowest BCUT2D eigenvalue weighted by atomic mass is 10.0. The van der Waals surface area contributed by atoms with E-state index in [1.165, 1.54) is 5.56 Å². The molecule has 1 aromatic heterocycles. The highest BCUT2D eigenvalue weighted by Crippen LogP contribution is 2.34. The fourth-order valence-electron chi connectivity index (χ4n) is 4.05. The molecular formula is C25H27N3O3. The highest BCUT2D eigenvalue weighted by atomic mass is 16.5. The standard InChI is InChI=1S/C25H27N3O3/c1-6-11-28-20-9-7-17(15(2)3)12-19(20)16(4)24(28)25(30)26-18-8-10-22-21(13-18)27(5)23(29)14-31-22/h6-10,12-13,15H,1,11,14H2,2-5H3,(H,26,30). The van der Waals surface area contributed by atoms with Gasteiger partial charge in [-0.3, -0.25) is 9.59 Å². The summed E-state index contributed by atoms with van der Waals surface area (Å²) in [6.45, 7) is 10.7. The molecule has 6 heteroatoms. The van der Waals surface area contributed by atoms with Gasteiger partial charge >= 0.3 is 0 Å². The van der Waals surface area contributed by atoms with Crippen molar-refractivity contribution in [2.24, 2.45) is 0 Å². The number of carbonyl (C=O) groups excluding carboxylic acids is 2. The topological polar surface area (TPSA) is 63.6 Å². The van der Waals surface area contributed by atoms with Gasteiger partial charge in [0.1, 0.15) is 11.4 Å². The Morgan fingerprint density at radius 1 is 1.26 bits per heavy atom. The molecule has 2 amide bonds. The fraction of sp³-hybridized carbons (Fsp3) is 0.280. The van der Waals surface area contributed by atoms with Gasteiger partial charge in [-0.2, -0.15) is 0 Å². The minimum Gasteiger partial charge on any atom is -0.482 e. The van der Waals surface area contributed by atoms with Crippen molar-refractivity contribution in [2.75, 3.05) is 23.9 Å². The second-order valence-electron chi connectivity index (χ2n) is 8.18. The molecule has 0 unspecified atom stereocenters. The number of rotatable bonds is 5. The van der Waals surface area contributed by atoms with Gasteiger partial charge in [0.25, 0.3) is 11.8 Å². The van der Waals surface area contributed by atoms with E-state index >= 15 is 0 Å². The Hall–Kier alpha value is -3.54. The molecule has 1 aliphatic heterocycles. The number of ether oxygens (including phenoxy) is 1. The summed E-state index contributed by atoms with van der Waals surface area (Å²) >= 11 is 0. The second kappa shape index (κ2) is 7.95. The lowest BCUT2D eigenvalue weighted by Crippen LogP contribution is -2.35. The van der Waals surface area contributed by atoms with E-state index in [-0.39, 0.29) is 18.4 Å². The molecular weight excluding hydrogens is 390 g/mol. The number of aromatic nitrogens is 1. The normalized spacial score (nSPS) is 13.3. The summed E-state index contributed by atoms with van der Waals surface area (Å²) in [4.78, 5) is 26.8. The van der Waals surface area contributed by atoms with Gasteiger partial charge in [-0.1, -0.05) is 26.0 Å². The van der Waals surface area contributed by atoms with Crippen molar-refractivity contribution < 1.29 is 14.3 Å². The van der Waals surface area contributed by atoms with Gasteiger partial charge in [0.15, 0.2) is 6.61 Å². The van der Waals surface area contributed by atoms with Crippen molar-refractivity contribution in [3.8, 4) is 5.75 Å². The van der Waals surface area contributed by atoms with Crippen LogP contribution in [0.3, 0.4) is 0 Å². The highest BCUT2D eigenvalue weighted by molar-refractivity contribution is 6.09. The van der Waals surface area contributed by atoms with Crippen LogP contribution in [-0.4, -0.2) is 30.0 Å². The van der Waals surface area contributed by atoms with Crippen LogP contribution >= 0.6 is 0 Å². The Bertz CT molecular complexity index is 1210. The summed E-state index contributed by atoms with van der Waals surface area (Å²) in [6.07, 6.45) is 1.79. The third kappa shape index (κ3) is 3.58. The first-order valence-corrected chi connectivity index (χ1v) is 10.4. The third-order valence-electron chi connectivity index (χ3n) is 5.84. The number of hydrogen-bond donors (Lipinski definition) is 1. The van der Waals surface area contributed by atoms with Crippen molar-refractivity contribution >= 4 is 34.1 Å². The Balaban J connectivity index is 1.74. The molecule has 1 aliphatic rings. The smallest absolute Gasteiger partial charge is 0.272 e. The lowest BCUT2D eigenvalue weighted by molar-refractivity contribution is -0.120. The third-order valence-corrected chi connectivity index (χ3v) is 5.84. The second-order valence-corrected chi connectivity index (χ2v) is 8.18. The first-order valence-electron chi connectivity index (χ1n) is 10.4. The average Bonchev–Trinajstić information content (AvgIpc) is 3.02. The lowest BCUT2D eigenvalue weighted by Gasteiger charge is -2.26. The van der Waals surface area contributed by atoms with Crippen LogP contribution in [0.2, 0.25) is 0 Å². The van der Waals surface area contributed by atoms with E-state index in [2.05, 4.69) is 43.9 Å². The van der Waals surface area contributed by atoms with E-state index in [0.29, 0.717) is 35.3 Å². The summed E-state index contributed by atoms with van der Waals surface area (Å²) in [5.41, 5.74) is 5.03. The predicted octanol–water partition coefficient (Wildman–Crippen LogP) is 4.87. The molecule has 2 heterocycles. The zero-order chi connectivity index (χ0) is 22.3. The molecule has 4 rings (SSSR count). The van der Waals surface area contributed by atoms with Gasteiger partial charge in [0.2, 0.25) is 0 Å². The number of aryl methyl sites for hydroxylation is 1. The van der Waals surface area contributed by atoms with Crippen molar-refractivity contribution in [3.63, 3.8) is 0 Å². The molecule has 31 heavy (non-hydrogen) atoms. The van der Waals surface area contributed by atoms with Crippen LogP contribution in [0.4, 0.5) is 11.4 Å². The molecule has 6 nitrogen and oxygen atoms in total. The first kappa shape index (κ1) is 20.7. The maximum atomic E-state index is 13.4. The Morgan fingerprint density at radius 3 is 2.74 bits per heavy atom. The molecule has 3 aromatic rings. The van der Waals surface area contributed by atoms with Crippen LogP contribution in [0.15, 0.2) is 49.1 Å².